The Morgan fingerprint density at radius 2 is 1.72 bits per heavy atom. The van der Waals surface area contributed by atoms with Crippen molar-refractivity contribution < 1.29 is 19.1 Å². The zero-order chi connectivity index (χ0) is 27.8. The van der Waals surface area contributed by atoms with Crippen LogP contribution in [0.2, 0.25) is 0 Å². The average molecular weight is 530 g/mol. The maximum atomic E-state index is 12.6. The fourth-order valence-electron chi connectivity index (χ4n) is 4.62. The summed E-state index contributed by atoms with van der Waals surface area (Å²) in [6.07, 6.45) is 5.60. The molecule has 0 radical (unpaired) electrons. The van der Waals surface area contributed by atoms with Crippen molar-refractivity contribution in [1.82, 2.24) is 9.88 Å². The van der Waals surface area contributed by atoms with Crippen molar-refractivity contribution in [1.29, 1.82) is 0 Å². The topological polar surface area (TPSA) is 72.0 Å². The highest BCUT2D eigenvalue weighted by molar-refractivity contribution is 5.91. The maximum absolute atomic E-state index is 12.6. The Balaban J connectivity index is 1.35. The van der Waals surface area contributed by atoms with Crippen molar-refractivity contribution in [3.8, 4) is 0 Å². The maximum Gasteiger partial charge on any atom is 0.410 e. The molecule has 1 aliphatic rings. The highest BCUT2D eigenvalue weighted by Gasteiger charge is 2.37. The Morgan fingerprint density at radius 3 is 2.41 bits per heavy atom. The first kappa shape index (κ1) is 28.3. The molecule has 39 heavy (non-hydrogen) atoms. The van der Waals surface area contributed by atoms with Crippen molar-refractivity contribution in [2.24, 2.45) is 0 Å². The van der Waals surface area contributed by atoms with E-state index in [0.29, 0.717) is 32.7 Å². The summed E-state index contributed by atoms with van der Waals surface area (Å²) in [5, 5.41) is 0. The van der Waals surface area contributed by atoms with Gasteiger partial charge in [-0.2, -0.15) is 0 Å². The molecule has 2 heterocycles. The van der Waals surface area contributed by atoms with Crippen LogP contribution in [-0.2, 0) is 33.7 Å². The van der Waals surface area contributed by atoms with E-state index < -0.39 is 5.60 Å². The first-order valence-electron chi connectivity index (χ1n) is 13.6. The van der Waals surface area contributed by atoms with Crippen LogP contribution in [0.4, 0.5) is 10.5 Å². The standard InChI is InChI=1S/C32H39N3O4/c1-24(36)35(22-29-13-15-34(29)31(37)39-32(2,3)4)30-19-28(20-33-21-30)18-27-12-8-11-25(17-27)14-16-38-23-26-9-6-5-7-10-26/h5-12,17,19-21,29H,13-16,18,22-23H2,1-4H3/t29-/m0/s1. The van der Waals surface area contributed by atoms with Gasteiger partial charge in [0.05, 0.1) is 31.1 Å². The number of amides is 2. The van der Waals surface area contributed by atoms with Crippen molar-refractivity contribution in [2.75, 3.05) is 24.6 Å². The molecule has 0 N–H and O–H groups in total. The quantitative estimate of drug-likeness (QED) is 0.311. The largest absolute Gasteiger partial charge is 0.444 e. The summed E-state index contributed by atoms with van der Waals surface area (Å²) >= 11 is 0. The molecule has 2 aromatic carbocycles. The second-order valence-electron chi connectivity index (χ2n) is 11.1. The predicted octanol–water partition coefficient (Wildman–Crippen LogP) is 5.79. The minimum absolute atomic E-state index is 0.0757. The molecule has 7 heteroatoms. The highest BCUT2D eigenvalue weighted by atomic mass is 16.6. The van der Waals surface area contributed by atoms with Gasteiger partial charge in [0.2, 0.25) is 5.91 Å². The second kappa shape index (κ2) is 12.9. The first-order valence-corrected chi connectivity index (χ1v) is 13.6. The van der Waals surface area contributed by atoms with Crippen molar-refractivity contribution >= 4 is 17.7 Å². The number of hydrogen-bond acceptors (Lipinski definition) is 5. The van der Waals surface area contributed by atoms with Crippen molar-refractivity contribution in [3.63, 3.8) is 0 Å². The molecule has 4 rings (SSSR count). The third-order valence-electron chi connectivity index (χ3n) is 6.68. The van der Waals surface area contributed by atoms with E-state index in [9.17, 15) is 9.59 Å². The molecule has 1 aliphatic heterocycles. The summed E-state index contributed by atoms with van der Waals surface area (Å²) < 4.78 is 11.4. The lowest BCUT2D eigenvalue weighted by Crippen LogP contribution is -2.57. The van der Waals surface area contributed by atoms with E-state index in [2.05, 4.69) is 41.4 Å². The van der Waals surface area contributed by atoms with Crippen molar-refractivity contribution in [2.45, 2.75) is 65.2 Å². The third kappa shape index (κ3) is 8.39. The van der Waals surface area contributed by atoms with Crippen LogP contribution in [0.1, 0.15) is 56.4 Å². The molecule has 1 fully saturated rings. The van der Waals surface area contributed by atoms with Gasteiger partial charge in [-0.1, -0.05) is 54.6 Å². The number of nitrogens with zero attached hydrogens (tertiary/aromatic N) is 3. The number of carbonyl (C=O) groups is 2. The Hall–Kier alpha value is -3.71. The number of carbonyl (C=O) groups excluding carboxylic acids is 2. The van der Waals surface area contributed by atoms with Gasteiger partial charge in [0.1, 0.15) is 5.60 Å². The molecule has 2 amide bonds. The summed E-state index contributed by atoms with van der Waals surface area (Å²) in [4.78, 5) is 33.0. The minimum Gasteiger partial charge on any atom is -0.444 e. The number of ether oxygens (including phenoxy) is 2. The molecule has 3 aromatic rings. The number of rotatable bonds is 10. The SMILES string of the molecule is CC(=O)N(C[C@@H]1CCN1C(=O)OC(C)(C)C)c1cncc(Cc2cccc(CCOCc3ccccc3)c2)c1. The lowest BCUT2D eigenvalue weighted by Gasteiger charge is -2.43. The number of benzene rings is 2. The van der Waals surface area contributed by atoms with E-state index in [4.69, 9.17) is 9.47 Å². The first-order chi connectivity index (χ1) is 18.7. The van der Waals surface area contributed by atoms with Gasteiger partial charge in [-0.25, -0.2) is 4.79 Å². The van der Waals surface area contributed by atoms with Crippen LogP contribution in [0, 0.1) is 0 Å². The van der Waals surface area contributed by atoms with E-state index in [1.807, 2.05) is 51.2 Å². The van der Waals surface area contributed by atoms with Gasteiger partial charge in [-0.15, -0.1) is 0 Å². The van der Waals surface area contributed by atoms with E-state index in [-0.39, 0.29) is 18.0 Å². The summed E-state index contributed by atoms with van der Waals surface area (Å²) in [6, 6.07) is 20.6. The normalized spacial score (nSPS) is 15.0. The molecule has 206 valence electrons. The molecule has 0 unspecified atom stereocenters. The van der Waals surface area contributed by atoms with Gasteiger partial charge in [-0.05, 0) is 68.4 Å². The van der Waals surface area contributed by atoms with Gasteiger partial charge in [-0.3, -0.25) is 9.78 Å². The fourth-order valence-corrected chi connectivity index (χ4v) is 4.62. The highest BCUT2D eigenvalue weighted by Crippen LogP contribution is 2.25. The molecule has 7 nitrogen and oxygen atoms in total. The summed E-state index contributed by atoms with van der Waals surface area (Å²) in [7, 11) is 0. The van der Waals surface area contributed by atoms with Crippen LogP contribution in [-0.4, -0.2) is 53.2 Å². The van der Waals surface area contributed by atoms with Gasteiger partial charge < -0.3 is 19.3 Å². The summed E-state index contributed by atoms with van der Waals surface area (Å²) in [6.45, 7) is 9.44. The Kier molecular flexibility index (Phi) is 9.36. The van der Waals surface area contributed by atoms with E-state index in [0.717, 1.165) is 24.1 Å². The lowest BCUT2D eigenvalue weighted by molar-refractivity contribution is -0.117. The van der Waals surface area contributed by atoms with E-state index in [1.165, 1.54) is 16.7 Å². The zero-order valence-corrected chi connectivity index (χ0v) is 23.4. The van der Waals surface area contributed by atoms with Crippen LogP contribution < -0.4 is 4.90 Å². The number of anilines is 1. The minimum atomic E-state index is -0.553. The monoisotopic (exact) mass is 529 g/mol. The summed E-state index contributed by atoms with van der Waals surface area (Å²) in [5.74, 6) is -0.0810. The molecule has 0 aliphatic carbocycles. The van der Waals surface area contributed by atoms with Crippen LogP contribution in [0.5, 0.6) is 0 Å². The Morgan fingerprint density at radius 1 is 0.974 bits per heavy atom. The van der Waals surface area contributed by atoms with Crippen LogP contribution in [0.3, 0.4) is 0 Å². The number of likely N-dealkylation sites (tertiary alicyclic amines) is 1. The molecule has 1 saturated heterocycles. The Bertz CT molecular complexity index is 1260. The van der Waals surface area contributed by atoms with Crippen LogP contribution >= 0.6 is 0 Å². The average Bonchev–Trinajstić information content (AvgIpc) is 2.86. The number of aromatic nitrogens is 1. The number of pyridine rings is 1. The molecular formula is C32H39N3O4. The molecule has 0 spiro atoms. The predicted molar refractivity (Wildman–Crippen MR) is 153 cm³/mol. The molecule has 0 saturated carbocycles. The fraction of sp³-hybridized carbons (Fsp3) is 0.406. The summed E-state index contributed by atoms with van der Waals surface area (Å²) in [5.41, 5.74) is 4.78. The number of hydrogen-bond donors (Lipinski definition) is 0. The van der Waals surface area contributed by atoms with Gasteiger partial charge in [0, 0.05) is 26.2 Å². The lowest BCUT2D eigenvalue weighted by atomic mass is 10.0. The molecule has 1 atom stereocenters. The van der Waals surface area contributed by atoms with Crippen LogP contribution in [0.25, 0.3) is 0 Å². The third-order valence-corrected chi connectivity index (χ3v) is 6.68. The van der Waals surface area contributed by atoms with Gasteiger partial charge in [0.15, 0.2) is 0 Å². The van der Waals surface area contributed by atoms with Crippen LogP contribution in [0.15, 0.2) is 73.1 Å². The van der Waals surface area contributed by atoms with Gasteiger partial charge >= 0.3 is 6.09 Å². The molecular weight excluding hydrogens is 490 g/mol. The smallest absolute Gasteiger partial charge is 0.410 e. The zero-order valence-electron chi connectivity index (χ0n) is 23.4. The van der Waals surface area contributed by atoms with Gasteiger partial charge in [0.25, 0.3) is 0 Å². The second-order valence-corrected chi connectivity index (χ2v) is 11.1. The molecule has 1 aromatic heterocycles. The van der Waals surface area contributed by atoms with E-state index in [1.54, 1.807) is 22.9 Å². The molecule has 0 bridgehead atoms. The van der Waals surface area contributed by atoms with E-state index >= 15 is 0 Å². The Labute approximate surface area is 231 Å². The van der Waals surface area contributed by atoms with Crippen molar-refractivity contribution in [3.05, 3.63) is 95.3 Å².